The minimum atomic E-state index is -0.360. The SMILES string of the molecule is CCC(=O)N(c1nn(C[NH+](CC)Cc2ccc(OC)c(F)c2)c(=S)s1)C1CC1. The number of quaternary nitrogens is 1. The molecular weight excluding hydrogens is 399 g/mol. The summed E-state index contributed by atoms with van der Waals surface area (Å²) in [7, 11) is 1.46. The molecule has 1 aliphatic carbocycles. The van der Waals surface area contributed by atoms with Crippen molar-refractivity contribution in [3.63, 3.8) is 0 Å². The lowest BCUT2D eigenvalue weighted by molar-refractivity contribution is -0.935. The minimum Gasteiger partial charge on any atom is -0.494 e. The van der Waals surface area contributed by atoms with Crippen LogP contribution in [0.2, 0.25) is 0 Å². The van der Waals surface area contributed by atoms with Crippen LogP contribution >= 0.6 is 23.6 Å². The predicted octanol–water partition coefficient (Wildman–Crippen LogP) is 2.79. The first-order valence-corrected chi connectivity index (χ1v) is 10.7. The molecule has 1 heterocycles. The van der Waals surface area contributed by atoms with E-state index < -0.39 is 0 Å². The number of benzene rings is 1. The van der Waals surface area contributed by atoms with Crippen molar-refractivity contribution in [2.75, 3.05) is 18.6 Å². The molecule has 6 nitrogen and oxygen atoms in total. The number of carbonyl (C=O) groups excluding carboxylic acids is 1. The second kappa shape index (κ2) is 9.11. The second-order valence-corrected chi connectivity index (χ2v) is 8.51. The van der Waals surface area contributed by atoms with Crippen molar-refractivity contribution < 1.29 is 18.8 Å². The van der Waals surface area contributed by atoms with Crippen LogP contribution in [0.5, 0.6) is 5.75 Å². The van der Waals surface area contributed by atoms with E-state index in [4.69, 9.17) is 17.0 Å². The summed E-state index contributed by atoms with van der Waals surface area (Å²) in [6.07, 6.45) is 2.50. The quantitative estimate of drug-likeness (QED) is 0.628. The Hall–Kier alpha value is -1.84. The Kier molecular flexibility index (Phi) is 6.79. The van der Waals surface area contributed by atoms with Crippen molar-refractivity contribution >= 4 is 34.6 Å². The highest BCUT2D eigenvalue weighted by atomic mass is 32.1. The third-order valence-corrected chi connectivity index (χ3v) is 6.14. The number of rotatable bonds is 9. The highest BCUT2D eigenvalue weighted by molar-refractivity contribution is 7.73. The molecule has 1 aromatic carbocycles. The fourth-order valence-electron chi connectivity index (χ4n) is 3.08. The van der Waals surface area contributed by atoms with Gasteiger partial charge in [-0.2, -0.15) is 4.68 Å². The van der Waals surface area contributed by atoms with Gasteiger partial charge in [-0.1, -0.05) is 18.3 Å². The molecule has 0 aliphatic heterocycles. The molecule has 9 heteroatoms. The van der Waals surface area contributed by atoms with E-state index in [2.05, 4.69) is 12.0 Å². The molecule has 1 aromatic heterocycles. The number of hydrogen-bond donors (Lipinski definition) is 1. The summed E-state index contributed by atoms with van der Waals surface area (Å²) in [4.78, 5) is 15.3. The molecule has 0 radical (unpaired) electrons. The number of carbonyl (C=O) groups is 1. The van der Waals surface area contributed by atoms with E-state index in [-0.39, 0.29) is 23.5 Å². The molecule has 0 bridgehead atoms. The lowest BCUT2D eigenvalue weighted by atomic mass is 10.2. The van der Waals surface area contributed by atoms with Gasteiger partial charge in [-0.15, -0.1) is 5.10 Å². The highest BCUT2D eigenvalue weighted by Crippen LogP contribution is 2.33. The van der Waals surface area contributed by atoms with Crippen LogP contribution in [0.4, 0.5) is 9.52 Å². The number of amides is 1. The molecular formula is C19H26FN4O2S2+. The highest BCUT2D eigenvalue weighted by Gasteiger charge is 2.35. The van der Waals surface area contributed by atoms with Crippen molar-refractivity contribution in [2.24, 2.45) is 0 Å². The van der Waals surface area contributed by atoms with E-state index in [1.165, 1.54) is 29.4 Å². The van der Waals surface area contributed by atoms with Gasteiger partial charge in [0, 0.05) is 18.0 Å². The Morgan fingerprint density at radius 3 is 2.79 bits per heavy atom. The van der Waals surface area contributed by atoms with Gasteiger partial charge in [-0.05, 0) is 50.2 Å². The first-order chi connectivity index (χ1) is 13.5. The molecule has 28 heavy (non-hydrogen) atoms. The topological polar surface area (TPSA) is 51.8 Å². The van der Waals surface area contributed by atoms with Gasteiger partial charge in [-0.25, -0.2) is 4.39 Å². The summed E-state index contributed by atoms with van der Waals surface area (Å²) in [6.45, 7) is 5.99. The standard InChI is InChI=1S/C19H25FN4O2S2/c1-4-17(25)24(14-7-8-14)18-21-23(19(27)28-18)12-22(5-2)11-13-6-9-16(26-3)15(20)10-13/h6,9-10,14H,4-5,7-8,11-12H2,1-3H3/p+1. The molecule has 1 unspecified atom stereocenters. The van der Waals surface area contributed by atoms with Crippen molar-refractivity contribution in [2.45, 2.75) is 52.4 Å². The van der Waals surface area contributed by atoms with Crippen LogP contribution in [-0.2, 0) is 18.0 Å². The summed E-state index contributed by atoms with van der Waals surface area (Å²) < 4.78 is 21.4. The lowest BCUT2D eigenvalue weighted by Gasteiger charge is -2.19. The Morgan fingerprint density at radius 1 is 1.46 bits per heavy atom. The Morgan fingerprint density at radius 2 is 2.21 bits per heavy atom. The van der Waals surface area contributed by atoms with E-state index in [9.17, 15) is 9.18 Å². The van der Waals surface area contributed by atoms with E-state index >= 15 is 0 Å². The molecule has 0 saturated heterocycles. The van der Waals surface area contributed by atoms with Gasteiger partial charge in [0.25, 0.3) is 0 Å². The van der Waals surface area contributed by atoms with Crippen molar-refractivity contribution in [1.82, 2.24) is 9.78 Å². The summed E-state index contributed by atoms with van der Waals surface area (Å²) in [5.74, 6) is -0.0260. The van der Waals surface area contributed by atoms with Crippen LogP contribution in [0.25, 0.3) is 0 Å². The van der Waals surface area contributed by atoms with Gasteiger partial charge in [0.2, 0.25) is 11.0 Å². The Labute approximate surface area is 173 Å². The van der Waals surface area contributed by atoms with Crippen LogP contribution in [0, 0.1) is 9.77 Å². The number of nitrogens with zero attached hydrogens (tertiary/aromatic N) is 3. The van der Waals surface area contributed by atoms with E-state index in [1.54, 1.807) is 15.6 Å². The molecule has 1 aliphatic rings. The smallest absolute Gasteiger partial charge is 0.228 e. The van der Waals surface area contributed by atoms with Crippen molar-refractivity contribution in [3.05, 3.63) is 33.5 Å². The average molecular weight is 426 g/mol. The zero-order chi connectivity index (χ0) is 20.3. The van der Waals surface area contributed by atoms with Crippen LogP contribution < -0.4 is 14.5 Å². The van der Waals surface area contributed by atoms with Gasteiger partial charge < -0.3 is 9.64 Å². The number of methoxy groups -OCH3 is 1. The molecule has 152 valence electrons. The van der Waals surface area contributed by atoms with Crippen molar-refractivity contribution in [3.8, 4) is 5.75 Å². The predicted molar refractivity (Wildman–Crippen MR) is 110 cm³/mol. The third-order valence-electron chi connectivity index (χ3n) is 4.83. The van der Waals surface area contributed by atoms with Crippen LogP contribution in [-0.4, -0.2) is 35.4 Å². The zero-order valence-corrected chi connectivity index (χ0v) is 18.0. The minimum absolute atomic E-state index is 0.0896. The van der Waals surface area contributed by atoms with Gasteiger partial charge in [0.15, 0.2) is 22.2 Å². The summed E-state index contributed by atoms with van der Waals surface area (Å²) in [6, 6.07) is 5.29. The molecule has 1 N–H and O–H groups in total. The van der Waals surface area contributed by atoms with Gasteiger partial charge in [0.05, 0.1) is 13.7 Å². The van der Waals surface area contributed by atoms with E-state index in [1.807, 2.05) is 13.0 Å². The number of ether oxygens (including phenoxy) is 1. The molecule has 1 fully saturated rings. The first kappa shape index (κ1) is 20.9. The average Bonchev–Trinajstić information content (AvgIpc) is 3.45. The van der Waals surface area contributed by atoms with Gasteiger partial charge in [-0.3, -0.25) is 9.69 Å². The molecule has 1 saturated carbocycles. The second-order valence-electron chi connectivity index (χ2n) is 6.91. The van der Waals surface area contributed by atoms with E-state index in [0.717, 1.165) is 24.9 Å². The number of halogens is 1. The maximum Gasteiger partial charge on any atom is 0.228 e. The molecule has 0 spiro atoms. The number of aromatic nitrogens is 2. The van der Waals surface area contributed by atoms with E-state index in [0.29, 0.717) is 28.7 Å². The zero-order valence-electron chi connectivity index (χ0n) is 16.4. The molecule has 1 amide bonds. The maximum atomic E-state index is 14.0. The monoisotopic (exact) mass is 425 g/mol. The fourth-order valence-corrected chi connectivity index (χ4v) is 4.26. The summed E-state index contributed by atoms with van der Waals surface area (Å²) in [5.41, 5.74) is 0.887. The lowest BCUT2D eigenvalue weighted by Crippen LogP contribution is -3.09. The summed E-state index contributed by atoms with van der Waals surface area (Å²) >= 11 is 6.88. The van der Waals surface area contributed by atoms with Gasteiger partial charge in [0.1, 0.15) is 6.54 Å². The summed E-state index contributed by atoms with van der Waals surface area (Å²) in [5, 5.41) is 5.32. The fraction of sp³-hybridized carbons (Fsp3) is 0.526. The largest absolute Gasteiger partial charge is 0.494 e. The number of anilines is 1. The molecule has 1 atom stereocenters. The van der Waals surface area contributed by atoms with Crippen molar-refractivity contribution in [1.29, 1.82) is 0 Å². The number of nitrogens with one attached hydrogen (secondary N) is 1. The molecule has 3 rings (SSSR count). The Balaban J connectivity index is 1.74. The van der Waals surface area contributed by atoms with Crippen LogP contribution in [0.1, 0.15) is 38.7 Å². The van der Waals surface area contributed by atoms with Gasteiger partial charge >= 0.3 is 0 Å². The normalized spacial score (nSPS) is 14.7. The van der Waals surface area contributed by atoms with Crippen LogP contribution in [0.15, 0.2) is 18.2 Å². The maximum absolute atomic E-state index is 14.0. The van der Waals surface area contributed by atoms with Crippen LogP contribution in [0.3, 0.4) is 0 Å². The number of hydrogen-bond acceptors (Lipinski definition) is 5. The third kappa shape index (κ3) is 4.76. The molecule has 2 aromatic rings. The first-order valence-electron chi connectivity index (χ1n) is 9.52. The Bertz CT molecular complexity index is 894.